The van der Waals surface area contributed by atoms with Crippen LogP contribution in [0, 0.1) is 0 Å². The summed E-state index contributed by atoms with van der Waals surface area (Å²) in [6.07, 6.45) is 8.25. The minimum Gasteiger partial charge on any atom is -0.351 e. The van der Waals surface area contributed by atoms with Crippen LogP contribution in [0.25, 0.3) is 0 Å². The van der Waals surface area contributed by atoms with Crippen molar-refractivity contribution in [1.29, 1.82) is 0 Å². The number of amides is 2. The zero-order valence-electron chi connectivity index (χ0n) is 19.3. The minimum atomic E-state index is -3.16. The third-order valence-electron chi connectivity index (χ3n) is 7.11. The molecule has 4 rings (SSSR count). The maximum atomic E-state index is 12.6. The van der Waals surface area contributed by atoms with Crippen molar-refractivity contribution < 1.29 is 22.5 Å². The molecule has 2 amide bonds. The molecule has 3 heterocycles. The summed E-state index contributed by atoms with van der Waals surface area (Å²) in [5.41, 5.74) is -0.618. The van der Waals surface area contributed by atoms with Crippen LogP contribution in [0.15, 0.2) is 4.52 Å². The zero-order valence-corrected chi connectivity index (χ0v) is 20.2. The number of hydrogen-bond donors (Lipinski definition) is 2. The molecule has 1 aromatic heterocycles. The molecule has 0 aromatic carbocycles. The standard InChI is InChI=1S/C22H35N5O5S/c1-16(28)25-22(10-4-2-3-5-11-22)21-24-20(32-26-21)9-8-19(29)23-17-14-33(30,31)15-18(17)27-12-6-7-13-27/h17-18H,2-15H2,1H3,(H,23,29)(H,25,28). The Bertz CT molecular complexity index is 948. The van der Waals surface area contributed by atoms with Gasteiger partial charge < -0.3 is 15.2 Å². The Morgan fingerprint density at radius 3 is 2.45 bits per heavy atom. The predicted octanol–water partition coefficient (Wildman–Crippen LogP) is 1.07. The number of likely N-dealkylation sites (tertiary alicyclic amines) is 1. The number of hydrogen-bond acceptors (Lipinski definition) is 8. The molecule has 10 nitrogen and oxygen atoms in total. The van der Waals surface area contributed by atoms with Gasteiger partial charge in [-0.3, -0.25) is 14.5 Å². The number of aryl methyl sites for hydroxylation is 1. The van der Waals surface area contributed by atoms with Crippen molar-refractivity contribution in [2.75, 3.05) is 24.6 Å². The molecule has 0 spiro atoms. The van der Waals surface area contributed by atoms with Gasteiger partial charge >= 0.3 is 0 Å². The lowest BCUT2D eigenvalue weighted by molar-refractivity contribution is -0.122. The van der Waals surface area contributed by atoms with Crippen LogP contribution >= 0.6 is 0 Å². The number of carbonyl (C=O) groups excluding carboxylic acids is 2. The highest BCUT2D eigenvalue weighted by Gasteiger charge is 2.42. The van der Waals surface area contributed by atoms with E-state index >= 15 is 0 Å². The molecule has 1 aliphatic carbocycles. The smallest absolute Gasteiger partial charge is 0.227 e. The van der Waals surface area contributed by atoms with Gasteiger partial charge in [-0.05, 0) is 38.8 Å². The third-order valence-corrected chi connectivity index (χ3v) is 8.83. The molecule has 3 fully saturated rings. The van der Waals surface area contributed by atoms with Gasteiger partial charge in [-0.25, -0.2) is 8.42 Å². The van der Waals surface area contributed by atoms with Crippen LogP contribution < -0.4 is 10.6 Å². The first-order valence-electron chi connectivity index (χ1n) is 12.1. The van der Waals surface area contributed by atoms with Crippen molar-refractivity contribution in [3.05, 3.63) is 11.7 Å². The Kier molecular flexibility index (Phi) is 7.37. The number of rotatable bonds is 7. The average molecular weight is 482 g/mol. The summed E-state index contributed by atoms with van der Waals surface area (Å²) in [7, 11) is -3.16. The van der Waals surface area contributed by atoms with Gasteiger partial charge in [0.15, 0.2) is 15.7 Å². The van der Waals surface area contributed by atoms with Crippen molar-refractivity contribution in [2.45, 2.75) is 88.8 Å². The van der Waals surface area contributed by atoms with Crippen molar-refractivity contribution >= 4 is 21.7 Å². The first-order valence-corrected chi connectivity index (χ1v) is 13.9. The summed E-state index contributed by atoms with van der Waals surface area (Å²) in [4.78, 5) is 31.2. The van der Waals surface area contributed by atoms with Crippen LogP contribution in [-0.2, 0) is 31.4 Å². The monoisotopic (exact) mass is 481 g/mol. The minimum absolute atomic E-state index is 0.0101. The van der Waals surface area contributed by atoms with E-state index in [1.165, 1.54) is 6.92 Å². The van der Waals surface area contributed by atoms with E-state index in [2.05, 4.69) is 25.7 Å². The molecular weight excluding hydrogens is 446 g/mol. The fourth-order valence-corrected chi connectivity index (χ4v) is 7.48. The van der Waals surface area contributed by atoms with Crippen molar-refractivity contribution in [3.8, 4) is 0 Å². The van der Waals surface area contributed by atoms with Gasteiger partial charge in [-0.2, -0.15) is 4.98 Å². The van der Waals surface area contributed by atoms with E-state index in [9.17, 15) is 18.0 Å². The van der Waals surface area contributed by atoms with Gasteiger partial charge in [0.25, 0.3) is 0 Å². The molecule has 1 saturated carbocycles. The molecule has 2 N–H and O–H groups in total. The summed E-state index contributed by atoms with van der Waals surface area (Å²) in [6, 6.07) is -0.530. The lowest BCUT2D eigenvalue weighted by Crippen LogP contribution is -2.50. The van der Waals surface area contributed by atoms with Crippen LogP contribution in [-0.4, -0.2) is 72.0 Å². The van der Waals surface area contributed by atoms with E-state index in [1.54, 1.807) is 0 Å². The van der Waals surface area contributed by atoms with Gasteiger partial charge in [-0.1, -0.05) is 30.8 Å². The van der Waals surface area contributed by atoms with E-state index in [0.717, 1.165) is 64.5 Å². The molecule has 3 aliphatic rings. The first-order chi connectivity index (χ1) is 15.8. The van der Waals surface area contributed by atoms with Gasteiger partial charge in [-0.15, -0.1) is 0 Å². The van der Waals surface area contributed by atoms with Crippen LogP contribution in [0.4, 0.5) is 0 Å². The van der Waals surface area contributed by atoms with E-state index in [1.807, 2.05) is 0 Å². The van der Waals surface area contributed by atoms with Gasteiger partial charge in [0.2, 0.25) is 17.7 Å². The lowest BCUT2D eigenvalue weighted by Gasteiger charge is -2.30. The fourth-order valence-electron chi connectivity index (χ4n) is 5.52. The van der Waals surface area contributed by atoms with Gasteiger partial charge in [0.1, 0.15) is 5.54 Å². The molecule has 2 saturated heterocycles. The van der Waals surface area contributed by atoms with Crippen molar-refractivity contribution in [2.24, 2.45) is 0 Å². The second-order valence-electron chi connectivity index (χ2n) is 9.75. The summed E-state index contributed by atoms with van der Waals surface area (Å²) in [5, 5.41) is 10.1. The Hall–Kier alpha value is -2.01. The summed E-state index contributed by atoms with van der Waals surface area (Å²) < 4.78 is 29.8. The Labute approximate surface area is 195 Å². The number of nitrogens with one attached hydrogen (secondary N) is 2. The van der Waals surface area contributed by atoms with E-state index in [0.29, 0.717) is 11.7 Å². The molecule has 2 aliphatic heterocycles. The Balaban J connectivity index is 1.36. The SMILES string of the molecule is CC(=O)NC1(c2noc(CCC(=O)NC3CS(=O)(=O)CC3N3CCCC3)n2)CCCCCC1. The van der Waals surface area contributed by atoms with Gasteiger partial charge in [0.05, 0.1) is 17.5 Å². The zero-order chi connectivity index (χ0) is 23.5. The maximum Gasteiger partial charge on any atom is 0.227 e. The topological polar surface area (TPSA) is 134 Å². The largest absolute Gasteiger partial charge is 0.351 e. The Morgan fingerprint density at radius 1 is 1.09 bits per heavy atom. The predicted molar refractivity (Wildman–Crippen MR) is 121 cm³/mol. The molecule has 2 atom stereocenters. The molecule has 11 heteroatoms. The number of nitrogens with zero attached hydrogens (tertiary/aromatic N) is 3. The van der Waals surface area contributed by atoms with E-state index in [4.69, 9.17) is 4.52 Å². The van der Waals surface area contributed by atoms with Crippen molar-refractivity contribution in [1.82, 2.24) is 25.7 Å². The summed E-state index contributed by atoms with van der Waals surface area (Å²) >= 11 is 0. The summed E-state index contributed by atoms with van der Waals surface area (Å²) in [6.45, 7) is 3.26. The van der Waals surface area contributed by atoms with E-state index < -0.39 is 15.4 Å². The van der Waals surface area contributed by atoms with Crippen LogP contribution in [0.1, 0.15) is 76.4 Å². The van der Waals surface area contributed by atoms with Crippen molar-refractivity contribution in [3.63, 3.8) is 0 Å². The highest BCUT2D eigenvalue weighted by molar-refractivity contribution is 7.91. The average Bonchev–Trinajstić information content (AvgIpc) is 3.45. The van der Waals surface area contributed by atoms with Crippen LogP contribution in [0.3, 0.4) is 0 Å². The molecule has 1 aromatic rings. The molecule has 2 unspecified atom stereocenters. The normalized spacial score (nSPS) is 27.2. The second kappa shape index (κ2) is 10.1. The molecular formula is C22H35N5O5S. The first kappa shape index (κ1) is 24.1. The number of sulfone groups is 1. The fraction of sp³-hybridized carbons (Fsp3) is 0.818. The molecule has 0 bridgehead atoms. The molecule has 184 valence electrons. The quantitative estimate of drug-likeness (QED) is 0.552. The maximum absolute atomic E-state index is 12.6. The van der Waals surface area contributed by atoms with Crippen LogP contribution in [0.2, 0.25) is 0 Å². The lowest BCUT2D eigenvalue weighted by atomic mass is 9.89. The molecule has 0 radical (unpaired) electrons. The number of aromatic nitrogens is 2. The third kappa shape index (κ3) is 5.92. The summed E-state index contributed by atoms with van der Waals surface area (Å²) in [5.74, 6) is 0.587. The van der Waals surface area contributed by atoms with Gasteiger partial charge in [0, 0.05) is 25.8 Å². The van der Waals surface area contributed by atoms with Crippen LogP contribution in [0.5, 0.6) is 0 Å². The number of carbonyl (C=O) groups is 2. The highest BCUT2D eigenvalue weighted by Crippen LogP contribution is 2.34. The Morgan fingerprint density at radius 2 is 1.79 bits per heavy atom. The molecule has 33 heavy (non-hydrogen) atoms. The highest BCUT2D eigenvalue weighted by atomic mass is 32.2. The second-order valence-corrected chi connectivity index (χ2v) is 11.9. The van der Waals surface area contributed by atoms with E-state index in [-0.39, 0.29) is 48.2 Å².